The molecule has 5 rings (SSSR count). The van der Waals surface area contributed by atoms with Crippen molar-refractivity contribution in [3.63, 3.8) is 0 Å². The first-order chi connectivity index (χ1) is 15.9. The molecule has 0 fully saturated rings. The van der Waals surface area contributed by atoms with Crippen LogP contribution in [0.3, 0.4) is 0 Å². The number of Topliss-reactive ketones (excluding diaryl/α,β-unsaturated/α-hetero) is 1. The summed E-state index contributed by atoms with van der Waals surface area (Å²) < 4.78 is 19.7. The van der Waals surface area contributed by atoms with Crippen molar-refractivity contribution in [1.82, 2.24) is 4.98 Å². The number of nitrogens with zero attached hydrogens (tertiary/aromatic N) is 2. The van der Waals surface area contributed by atoms with E-state index in [0.29, 0.717) is 26.8 Å². The minimum absolute atomic E-state index is 0.0507. The van der Waals surface area contributed by atoms with E-state index in [0.717, 1.165) is 9.58 Å². The van der Waals surface area contributed by atoms with Crippen LogP contribution in [0.5, 0.6) is 5.75 Å². The van der Waals surface area contributed by atoms with Gasteiger partial charge in [-0.1, -0.05) is 23.5 Å². The molecule has 1 amide bonds. The first kappa shape index (κ1) is 21.3. The molecule has 0 saturated carbocycles. The predicted octanol–water partition coefficient (Wildman–Crippen LogP) is 5.60. The Morgan fingerprint density at radius 1 is 1.12 bits per heavy atom. The number of anilines is 1. The largest absolute Gasteiger partial charge is 0.503 e. The maximum absolute atomic E-state index is 13.7. The van der Waals surface area contributed by atoms with E-state index < -0.39 is 29.3 Å². The summed E-state index contributed by atoms with van der Waals surface area (Å²) >= 11 is 2.52. The molecule has 33 heavy (non-hydrogen) atoms. The molecule has 4 aromatic rings. The number of aliphatic hydroxyl groups is 1. The van der Waals surface area contributed by atoms with E-state index in [1.807, 2.05) is 6.92 Å². The van der Waals surface area contributed by atoms with Gasteiger partial charge >= 0.3 is 0 Å². The zero-order chi connectivity index (χ0) is 23.3. The molecule has 6 nitrogen and oxygen atoms in total. The van der Waals surface area contributed by atoms with Crippen LogP contribution in [-0.2, 0) is 4.79 Å². The van der Waals surface area contributed by atoms with Gasteiger partial charge in [-0.3, -0.25) is 14.5 Å². The number of ketones is 1. The van der Waals surface area contributed by atoms with Crippen LogP contribution in [0.25, 0.3) is 10.2 Å². The highest BCUT2D eigenvalue weighted by atomic mass is 32.1. The Morgan fingerprint density at radius 2 is 1.88 bits per heavy atom. The monoisotopic (exact) mass is 480 g/mol. The molecule has 3 heterocycles. The Morgan fingerprint density at radius 3 is 2.55 bits per heavy atom. The summed E-state index contributed by atoms with van der Waals surface area (Å²) in [6.07, 6.45) is 0. The number of thiazole rings is 1. The highest BCUT2D eigenvalue weighted by Crippen LogP contribution is 2.44. The number of methoxy groups -OCH3 is 1. The Hall–Kier alpha value is -3.56. The molecule has 1 N–H and O–H groups in total. The lowest BCUT2D eigenvalue weighted by atomic mass is 9.95. The SMILES string of the molecule is COc1ccc2nc(N3C(=O)C(O)=C(C(=O)c4ccc(C)s4)C3c3ccc(F)cc3)sc2c1. The standard InChI is InChI=1S/C24H17FN2O4S2/c1-12-3-10-17(32-12)21(28)19-20(13-4-6-14(25)7-5-13)27(23(30)22(19)29)24-26-16-9-8-15(31-2)11-18(16)33-24/h3-11,20,29H,1-2H3. The third-order valence-corrected chi connectivity index (χ3v) is 7.41. The molecule has 0 aliphatic carbocycles. The number of carbonyl (C=O) groups excluding carboxylic acids is 2. The average molecular weight is 481 g/mol. The molecule has 166 valence electrons. The third-order valence-electron chi connectivity index (χ3n) is 5.39. The van der Waals surface area contributed by atoms with Crippen LogP contribution in [0, 0.1) is 12.7 Å². The summed E-state index contributed by atoms with van der Waals surface area (Å²) in [5, 5.41) is 11.1. The van der Waals surface area contributed by atoms with Crippen molar-refractivity contribution < 1.29 is 23.8 Å². The smallest absolute Gasteiger partial charge is 0.296 e. The highest BCUT2D eigenvalue weighted by Gasteiger charge is 2.46. The normalized spacial score (nSPS) is 16.2. The van der Waals surface area contributed by atoms with Gasteiger partial charge in [-0.25, -0.2) is 9.37 Å². The molecule has 1 aliphatic rings. The molecular formula is C24H17FN2O4S2. The average Bonchev–Trinajstić information content (AvgIpc) is 3.49. The second-order valence-corrected chi connectivity index (χ2v) is 9.76. The van der Waals surface area contributed by atoms with E-state index in [1.54, 1.807) is 37.4 Å². The van der Waals surface area contributed by atoms with E-state index in [9.17, 15) is 19.1 Å². The van der Waals surface area contributed by atoms with Gasteiger partial charge in [0.15, 0.2) is 10.9 Å². The Balaban J connectivity index is 1.66. The van der Waals surface area contributed by atoms with Crippen LogP contribution in [0.1, 0.15) is 26.2 Å². The van der Waals surface area contributed by atoms with E-state index in [-0.39, 0.29) is 5.57 Å². The number of benzene rings is 2. The Kier molecular flexibility index (Phi) is 5.22. The van der Waals surface area contributed by atoms with Gasteiger partial charge in [-0.2, -0.15) is 0 Å². The maximum Gasteiger partial charge on any atom is 0.296 e. The molecule has 0 radical (unpaired) electrons. The van der Waals surface area contributed by atoms with Gasteiger partial charge in [0.2, 0.25) is 5.78 Å². The summed E-state index contributed by atoms with van der Waals surface area (Å²) in [6.45, 7) is 1.87. The van der Waals surface area contributed by atoms with Gasteiger partial charge in [0.25, 0.3) is 5.91 Å². The van der Waals surface area contributed by atoms with Gasteiger partial charge in [-0.15, -0.1) is 11.3 Å². The molecule has 1 atom stereocenters. The number of aromatic nitrogens is 1. The van der Waals surface area contributed by atoms with E-state index in [2.05, 4.69) is 4.98 Å². The lowest BCUT2D eigenvalue weighted by Gasteiger charge is -2.24. The molecule has 0 spiro atoms. The lowest BCUT2D eigenvalue weighted by molar-refractivity contribution is -0.117. The number of aryl methyl sites for hydroxylation is 1. The van der Waals surface area contributed by atoms with Gasteiger partial charge < -0.3 is 9.84 Å². The van der Waals surface area contributed by atoms with Crippen molar-refractivity contribution in [2.45, 2.75) is 13.0 Å². The van der Waals surface area contributed by atoms with Crippen LogP contribution >= 0.6 is 22.7 Å². The summed E-state index contributed by atoms with van der Waals surface area (Å²) in [6, 6.07) is 13.4. The van der Waals surface area contributed by atoms with Crippen molar-refractivity contribution in [2.24, 2.45) is 0 Å². The van der Waals surface area contributed by atoms with Crippen molar-refractivity contribution >= 4 is 49.7 Å². The molecule has 2 aromatic heterocycles. The fourth-order valence-electron chi connectivity index (χ4n) is 3.81. The number of ether oxygens (including phenoxy) is 1. The number of fused-ring (bicyclic) bond motifs is 1. The lowest BCUT2D eigenvalue weighted by Crippen LogP contribution is -2.30. The van der Waals surface area contributed by atoms with Gasteiger partial charge in [0.05, 0.1) is 33.8 Å². The fraction of sp³-hybridized carbons (Fsp3) is 0.125. The Labute approximate surface area is 196 Å². The highest BCUT2D eigenvalue weighted by molar-refractivity contribution is 7.22. The summed E-state index contributed by atoms with van der Waals surface area (Å²) in [5.41, 5.74) is 1.09. The molecule has 1 unspecified atom stereocenters. The molecule has 9 heteroatoms. The molecule has 0 bridgehead atoms. The quantitative estimate of drug-likeness (QED) is 0.376. The summed E-state index contributed by atoms with van der Waals surface area (Å²) in [4.78, 5) is 33.9. The second-order valence-electron chi connectivity index (χ2n) is 7.46. The number of aliphatic hydroxyl groups excluding tert-OH is 1. The molecular weight excluding hydrogens is 463 g/mol. The van der Waals surface area contributed by atoms with Crippen molar-refractivity contribution in [1.29, 1.82) is 0 Å². The van der Waals surface area contributed by atoms with Crippen LogP contribution in [0.15, 0.2) is 65.9 Å². The number of hydrogen-bond donors (Lipinski definition) is 1. The molecule has 2 aromatic carbocycles. The number of carbonyl (C=O) groups is 2. The minimum atomic E-state index is -0.949. The van der Waals surface area contributed by atoms with E-state index >= 15 is 0 Å². The summed E-state index contributed by atoms with van der Waals surface area (Å²) in [5.74, 6) is -1.61. The van der Waals surface area contributed by atoms with Gasteiger partial charge in [0, 0.05) is 4.88 Å². The van der Waals surface area contributed by atoms with Crippen molar-refractivity contribution in [3.05, 3.63) is 87.1 Å². The number of rotatable bonds is 5. The van der Waals surface area contributed by atoms with Crippen molar-refractivity contribution in [2.75, 3.05) is 12.0 Å². The molecule has 1 aliphatic heterocycles. The topological polar surface area (TPSA) is 79.7 Å². The number of amides is 1. The fourth-order valence-corrected chi connectivity index (χ4v) is 5.65. The van der Waals surface area contributed by atoms with E-state index in [4.69, 9.17) is 4.74 Å². The van der Waals surface area contributed by atoms with Crippen LogP contribution in [0.4, 0.5) is 9.52 Å². The third kappa shape index (κ3) is 3.59. The van der Waals surface area contributed by atoms with Crippen LogP contribution in [-0.4, -0.2) is 28.9 Å². The van der Waals surface area contributed by atoms with Gasteiger partial charge in [-0.05, 0) is 55.0 Å². The maximum atomic E-state index is 13.7. The van der Waals surface area contributed by atoms with E-state index in [1.165, 1.54) is 51.8 Å². The van der Waals surface area contributed by atoms with Crippen molar-refractivity contribution in [3.8, 4) is 5.75 Å². The zero-order valence-electron chi connectivity index (χ0n) is 17.5. The van der Waals surface area contributed by atoms with Crippen LogP contribution in [0.2, 0.25) is 0 Å². The first-order valence-corrected chi connectivity index (χ1v) is 11.6. The second kappa shape index (κ2) is 8.09. The molecule has 0 saturated heterocycles. The number of halogens is 1. The predicted molar refractivity (Wildman–Crippen MR) is 126 cm³/mol. The van der Waals surface area contributed by atoms with Gasteiger partial charge in [0.1, 0.15) is 11.6 Å². The summed E-state index contributed by atoms with van der Waals surface area (Å²) in [7, 11) is 1.56. The zero-order valence-corrected chi connectivity index (χ0v) is 19.2. The minimum Gasteiger partial charge on any atom is -0.503 e. The van der Waals surface area contributed by atoms with Crippen LogP contribution < -0.4 is 9.64 Å². The Bertz CT molecular complexity index is 1440. The number of hydrogen-bond acceptors (Lipinski definition) is 7. The first-order valence-electron chi connectivity index (χ1n) is 9.95. The number of thiophene rings is 1.